The van der Waals surface area contributed by atoms with Gasteiger partial charge in [0.15, 0.2) is 12.4 Å². The standard InChI is InChI=1S/C22H24N4O12S/c1-11(27)35-7-13-9-39-21-17(20(31)26(21)18(13)22(32)37-10-36-12(2)28)23-19(30)16(14-5-4-6-34-14)25-38-8-15(29)24-33-3/h4-6,17,21H,7-10H2,1-3H3,(H,23,30)(H,24,29)/b25-16+/t17-,21-/m1/s1. The number of oxime groups is 1. The molecule has 2 aliphatic rings. The molecule has 210 valence electrons. The van der Waals surface area contributed by atoms with Crippen LogP contribution in [0, 0.1) is 0 Å². The Labute approximate surface area is 224 Å². The Balaban J connectivity index is 1.76. The SMILES string of the molecule is CONC(=O)CO/N=C(/C(=O)N[C@@H]1C(=O)N2C(C(=O)OCOC(C)=O)=C(COC(C)=O)CS[C@H]12)c1ccco1. The lowest BCUT2D eigenvalue weighted by atomic mass is 10.0. The van der Waals surface area contributed by atoms with E-state index in [1.54, 1.807) is 0 Å². The highest BCUT2D eigenvalue weighted by atomic mass is 32.2. The van der Waals surface area contributed by atoms with Gasteiger partial charge in [-0.1, -0.05) is 5.16 Å². The molecule has 2 atom stereocenters. The predicted molar refractivity (Wildman–Crippen MR) is 128 cm³/mol. The molecule has 2 aliphatic heterocycles. The Morgan fingerprint density at radius 3 is 2.54 bits per heavy atom. The number of hydroxylamine groups is 1. The number of esters is 3. The zero-order chi connectivity index (χ0) is 28.5. The molecule has 1 saturated heterocycles. The first-order chi connectivity index (χ1) is 18.6. The monoisotopic (exact) mass is 568 g/mol. The van der Waals surface area contributed by atoms with Crippen molar-refractivity contribution in [1.82, 2.24) is 15.7 Å². The number of ether oxygens (including phenoxy) is 3. The van der Waals surface area contributed by atoms with E-state index in [0.717, 1.165) is 11.8 Å². The van der Waals surface area contributed by atoms with Gasteiger partial charge in [0.2, 0.25) is 12.5 Å². The number of hydrogen-bond donors (Lipinski definition) is 2. The van der Waals surface area contributed by atoms with E-state index in [-0.39, 0.29) is 35.1 Å². The van der Waals surface area contributed by atoms with Gasteiger partial charge in [0.25, 0.3) is 17.7 Å². The molecule has 3 rings (SSSR count). The fraction of sp³-hybridized carbons (Fsp3) is 0.409. The Morgan fingerprint density at radius 2 is 1.90 bits per heavy atom. The Bertz CT molecular complexity index is 1200. The number of hydrogen-bond acceptors (Lipinski definition) is 14. The minimum absolute atomic E-state index is 0.00197. The zero-order valence-corrected chi connectivity index (χ0v) is 21.7. The number of β-lactam (4-membered cyclic amide) rings is 1. The first kappa shape index (κ1) is 29.2. The number of rotatable bonds is 12. The van der Waals surface area contributed by atoms with E-state index in [0.29, 0.717) is 0 Å². The van der Waals surface area contributed by atoms with Crippen LogP contribution in [0.4, 0.5) is 0 Å². The van der Waals surface area contributed by atoms with E-state index in [1.807, 2.05) is 5.48 Å². The van der Waals surface area contributed by atoms with Crippen molar-refractivity contribution in [3.05, 3.63) is 35.4 Å². The van der Waals surface area contributed by atoms with Gasteiger partial charge < -0.3 is 28.8 Å². The molecule has 1 aromatic rings. The number of amides is 3. The Morgan fingerprint density at radius 1 is 1.15 bits per heavy atom. The van der Waals surface area contributed by atoms with Crippen molar-refractivity contribution in [3.63, 3.8) is 0 Å². The molecule has 0 aromatic carbocycles. The smallest absolute Gasteiger partial charge is 0.358 e. The van der Waals surface area contributed by atoms with Crippen LogP contribution in [-0.4, -0.2) is 90.5 Å². The summed E-state index contributed by atoms with van der Waals surface area (Å²) < 4.78 is 19.8. The second kappa shape index (κ2) is 13.4. The average Bonchev–Trinajstić information content (AvgIpc) is 3.42. The van der Waals surface area contributed by atoms with Crippen LogP contribution in [0.15, 0.2) is 39.2 Å². The van der Waals surface area contributed by atoms with Gasteiger partial charge in [-0.25, -0.2) is 10.3 Å². The third kappa shape index (κ3) is 7.35. The molecule has 1 fully saturated rings. The first-order valence-corrected chi connectivity index (χ1v) is 12.2. The molecule has 2 N–H and O–H groups in total. The van der Waals surface area contributed by atoms with Crippen LogP contribution >= 0.6 is 11.8 Å². The Kier molecular flexibility index (Phi) is 10.0. The van der Waals surface area contributed by atoms with E-state index in [9.17, 15) is 28.8 Å². The molecule has 0 spiro atoms. The average molecular weight is 569 g/mol. The fourth-order valence-electron chi connectivity index (χ4n) is 3.33. The lowest BCUT2D eigenvalue weighted by Gasteiger charge is -2.49. The number of carbonyl (C=O) groups excluding carboxylic acids is 6. The highest BCUT2D eigenvalue weighted by Crippen LogP contribution is 2.40. The summed E-state index contributed by atoms with van der Waals surface area (Å²) in [6, 6.07) is 1.82. The predicted octanol–water partition coefficient (Wildman–Crippen LogP) is -1.04. The van der Waals surface area contributed by atoms with Crippen molar-refractivity contribution in [2.24, 2.45) is 5.16 Å². The summed E-state index contributed by atoms with van der Waals surface area (Å²) in [4.78, 5) is 83.2. The van der Waals surface area contributed by atoms with E-state index in [1.165, 1.54) is 44.2 Å². The zero-order valence-electron chi connectivity index (χ0n) is 20.9. The van der Waals surface area contributed by atoms with E-state index < -0.39 is 60.4 Å². The minimum atomic E-state index is -1.09. The molecular formula is C22H24N4O12S. The lowest BCUT2D eigenvalue weighted by Crippen LogP contribution is -2.71. The van der Waals surface area contributed by atoms with Crippen molar-refractivity contribution < 1.29 is 57.1 Å². The van der Waals surface area contributed by atoms with Crippen molar-refractivity contribution in [2.75, 3.05) is 32.9 Å². The van der Waals surface area contributed by atoms with Gasteiger partial charge in [0.05, 0.1) is 13.4 Å². The van der Waals surface area contributed by atoms with E-state index in [4.69, 9.17) is 18.7 Å². The quantitative estimate of drug-likeness (QED) is 0.102. The van der Waals surface area contributed by atoms with Crippen molar-refractivity contribution in [2.45, 2.75) is 25.3 Å². The number of carbonyl (C=O) groups is 6. The molecule has 1 aromatic heterocycles. The van der Waals surface area contributed by atoms with Crippen LogP contribution in [0.5, 0.6) is 0 Å². The largest absolute Gasteiger partial charge is 0.462 e. The second-order valence-corrected chi connectivity index (χ2v) is 8.80. The third-order valence-corrected chi connectivity index (χ3v) is 6.31. The van der Waals surface area contributed by atoms with Crippen molar-refractivity contribution >= 4 is 53.1 Å². The molecule has 17 heteroatoms. The van der Waals surface area contributed by atoms with Gasteiger partial charge >= 0.3 is 17.9 Å². The molecule has 0 bridgehead atoms. The maximum atomic E-state index is 13.1. The summed E-state index contributed by atoms with van der Waals surface area (Å²) in [6.07, 6.45) is 1.28. The lowest BCUT2D eigenvalue weighted by molar-refractivity contribution is -0.167. The normalized spacial score (nSPS) is 18.4. The third-order valence-electron chi connectivity index (χ3n) is 4.97. The van der Waals surface area contributed by atoms with E-state index >= 15 is 0 Å². The molecule has 39 heavy (non-hydrogen) atoms. The molecule has 0 aliphatic carbocycles. The molecule has 0 unspecified atom stereocenters. The van der Waals surface area contributed by atoms with Gasteiger partial charge in [0, 0.05) is 25.2 Å². The van der Waals surface area contributed by atoms with Crippen LogP contribution in [0.25, 0.3) is 0 Å². The summed E-state index contributed by atoms with van der Waals surface area (Å²) in [7, 11) is 1.23. The van der Waals surface area contributed by atoms with Gasteiger partial charge in [-0.15, -0.1) is 11.8 Å². The van der Waals surface area contributed by atoms with Crippen molar-refractivity contribution in [3.8, 4) is 0 Å². The highest BCUT2D eigenvalue weighted by Gasteiger charge is 2.55. The number of furan rings is 1. The molecule has 16 nitrogen and oxygen atoms in total. The van der Waals surface area contributed by atoms with Crippen LogP contribution in [-0.2, 0) is 52.7 Å². The van der Waals surface area contributed by atoms with Gasteiger partial charge in [-0.05, 0) is 12.1 Å². The van der Waals surface area contributed by atoms with Crippen molar-refractivity contribution in [1.29, 1.82) is 0 Å². The topological polar surface area (TPSA) is 201 Å². The Hall–Kier alpha value is -4.38. The molecule has 0 radical (unpaired) electrons. The molecule has 0 saturated carbocycles. The summed E-state index contributed by atoms with van der Waals surface area (Å²) >= 11 is 1.20. The van der Waals surface area contributed by atoms with Crippen LogP contribution in [0.1, 0.15) is 19.6 Å². The van der Waals surface area contributed by atoms with Gasteiger partial charge in [-0.2, -0.15) is 0 Å². The maximum absolute atomic E-state index is 13.1. The van der Waals surface area contributed by atoms with E-state index in [2.05, 4.69) is 20.0 Å². The van der Waals surface area contributed by atoms with Crippen LogP contribution in [0.3, 0.4) is 0 Å². The summed E-state index contributed by atoms with van der Waals surface area (Å²) in [5.41, 5.74) is 1.76. The summed E-state index contributed by atoms with van der Waals surface area (Å²) in [6.45, 7) is 0.762. The summed E-state index contributed by atoms with van der Waals surface area (Å²) in [5, 5.41) is 5.45. The number of nitrogens with one attached hydrogen (secondary N) is 2. The highest BCUT2D eigenvalue weighted by molar-refractivity contribution is 8.00. The molecule has 3 amide bonds. The summed E-state index contributed by atoms with van der Waals surface area (Å²) in [5.74, 6) is -4.32. The maximum Gasteiger partial charge on any atom is 0.358 e. The van der Waals surface area contributed by atoms with Crippen LogP contribution in [0.2, 0.25) is 0 Å². The molecular weight excluding hydrogens is 544 g/mol. The second-order valence-electron chi connectivity index (χ2n) is 7.70. The fourth-order valence-corrected chi connectivity index (χ4v) is 4.65. The van der Waals surface area contributed by atoms with Gasteiger partial charge in [-0.3, -0.25) is 33.7 Å². The molecule has 3 heterocycles. The minimum Gasteiger partial charge on any atom is -0.462 e. The first-order valence-electron chi connectivity index (χ1n) is 11.1. The number of nitrogens with zero attached hydrogens (tertiary/aromatic N) is 2. The number of thioether (sulfide) groups is 1. The van der Waals surface area contributed by atoms with Gasteiger partial charge in [0.1, 0.15) is 23.7 Å². The number of fused-ring (bicyclic) bond motifs is 1. The van der Waals surface area contributed by atoms with Crippen LogP contribution < -0.4 is 10.8 Å².